The van der Waals surface area contributed by atoms with Gasteiger partial charge in [0.05, 0.1) is 17.6 Å². The minimum atomic E-state index is -0.0509. The quantitative estimate of drug-likeness (QED) is 0.204. The predicted molar refractivity (Wildman–Crippen MR) is 150 cm³/mol. The van der Waals surface area contributed by atoms with Gasteiger partial charge in [0.15, 0.2) is 0 Å². The highest BCUT2D eigenvalue weighted by Crippen LogP contribution is 2.27. The number of carbonyl (C=O) groups excluding carboxylic acids is 1. The zero-order chi connectivity index (χ0) is 25.5. The minimum Gasteiger partial charge on any atom is -0.493 e. The Bertz CT molecular complexity index is 1310. The maximum atomic E-state index is 12.4. The number of imidazole rings is 1. The number of fused-ring (bicyclic) bond motifs is 1. The summed E-state index contributed by atoms with van der Waals surface area (Å²) in [5.41, 5.74) is 5.28. The SMILES string of the molecule is Cc1ccc(C(C)C)c(OCCCn2c(CCCNC(=O)c3ccc(Br)cc3)nc3ccccc32)c1. The molecule has 0 radical (unpaired) electrons. The van der Waals surface area contributed by atoms with E-state index in [1.165, 1.54) is 11.1 Å². The summed E-state index contributed by atoms with van der Waals surface area (Å²) in [4.78, 5) is 17.3. The molecule has 4 aromatic rings. The lowest BCUT2D eigenvalue weighted by Gasteiger charge is -2.15. The highest BCUT2D eigenvalue weighted by atomic mass is 79.9. The molecule has 0 aliphatic carbocycles. The predicted octanol–water partition coefficient (Wildman–Crippen LogP) is 7.06. The Kier molecular flexibility index (Phi) is 8.81. The summed E-state index contributed by atoms with van der Waals surface area (Å²) in [6.45, 7) is 8.59. The van der Waals surface area contributed by atoms with Gasteiger partial charge in [-0.1, -0.05) is 54.0 Å². The van der Waals surface area contributed by atoms with E-state index in [1.54, 1.807) is 0 Å². The lowest BCUT2D eigenvalue weighted by molar-refractivity contribution is 0.0953. The maximum Gasteiger partial charge on any atom is 0.251 e. The summed E-state index contributed by atoms with van der Waals surface area (Å²) in [5.74, 6) is 2.41. The summed E-state index contributed by atoms with van der Waals surface area (Å²) < 4.78 is 9.48. The number of aromatic nitrogens is 2. The van der Waals surface area contributed by atoms with Crippen molar-refractivity contribution in [2.45, 2.75) is 52.5 Å². The van der Waals surface area contributed by atoms with Gasteiger partial charge in [0.2, 0.25) is 0 Å². The van der Waals surface area contributed by atoms with E-state index in [9.17, 15) is 4.79 Å². The zero-order valence-corrected chi connectivity index (χ0v) is 22.8. The van der Waals surface area contributed by atoms with E-state index in [-0.39, 0.29) is 5.91 Å². The molecule has 0 fully saturated rings. The molecule has 4 rings (SSSR count). The Morgan fingerprint density at radius 2 is 1.83 bits per heavy atom. The molecule has 1 aromatic heterocycles. The molecule has 36 heavy (non-hydrogen) atoms. The molecule has 0 aliphatic rings. The highest BCUT2D eigenvalue weighted by molar-refractivity contribution is 9.10. The first-order chi connectivity index (χ1) is 17.4. The van der Waals surface area contributed by atoms with Crippen molar-refractivity contribution in [1.29, 1.82) is 0 Å². The lowest BCUT2D eigenvalue weighted by atomic mass is 10.0. The van der Waals surface area contributed by atoms with Crippen molar-refractivity contribution in [2.75, 3.05) is 13.2 Å². The van der Waals surface area contributed by atoms with Crippen molar-refractivity contribution in [3.63, 3.8) is 0 Å². The number of amides is 1. The molecular formula is C30H34BrN3O2. The zero-order valence-electron chi connectivity index (χ0n) is 21.3. The summed E-state index contributed by atoms with van der Waals surface area (Å²) in [6, 6.07) is 22.1. The van der Waals surface area contributed by atoms with Crippen LogP contribution in [-0.2, 0) is 13.0 Å². The number of benzene rings is 3. The van der Waals surface area contributed by atoms with E-state index in [0.29, 0.717) is 24.6 Å². The van der Waals surface area contributed by atoms with Gasteiger partial charge in [-0.05, 0) is 79.3 Å². The largest absolute Gasteiger partial charge is 0.493 e. The maximum absolute atomic E-state index is 12.4. The molecule has 0 atom stereocenters. The number of para-hydroxylation sites is 2. The average Bonchev–Trinajstić information content (AvgIpc) is 3.22. The molecule has 1 N–H and O–H groups in total. The number of hydrogen-bond acceptors (Lipinski definition) is 3. The fourth-order valence-electron chi connectivity index (χ4n) is 4.37. The van der Waals surface area contributed by atoms with Crippen LogP contribution < -0.4 is 10.1 Å². The number of rotatable bonds is 11. The van der Waals surface area contributed by atoms with E-state index in [2.05, 4.69) is 83.0 Å². The molecule has 5 nitrogen and oxygen atoms in total. The van der Waals surface area contributed by atoms with E-state index in [0.717, 1.165) is 52.9 Å². The third-order valence-electron chi connectivity index (χ3n) is 6.28. The molecule has 188 valence electrons. The van der Waals surface area contributed by atoms with Crippen molar-refractivity contribution >= 4 is 32.9 Å². The molecular weight excluding hydrogens is 514 g/mol. The molecule has 0 spiro atoms. The molecule has 0 bridgehead atoms. The monoisotopic (exact) mass is 547 g/mol. The van der Waals surface area contributed by atoms with Crippen LogP contribution in [-0.4, -0.2) is 28.6 Å². The number of ether oxygens (including phenoxy) is 1. The highest BCUT2D eigenvalue weighted by Gasteiger charge is 2.12. The number of nitrogens with one attached hydrogen (secondary N) is 1. The van der Waals surface area contributed by atoms with Crippen LogP contribution in [0.3, 0.4) is 0 Å². The van der Waals surface area contributed by atoms with Crippen LogP contribution in [0.5, 0.6) is 5.75 Å². The fourth-order valence-corrected chi connectivity index (χ4v) is 4.63. The Balaban J connectivity index is 1.35. The summed E-state index contributed by atoms with van der Waals surface area (Å²) in [5, 5.41) is 3.02. The van der Waals surface area contributed by atoms with Gasteiger partial charge in [-0.2, -0.15) is 0 Å². The van der Waals surface area contributed by atoms with Gasteiger partial charge >= 0.3 is 0 Å². The Labute approximate surface area is 222 Å². The van der Waals surface area contributed by atoms with Crippen molar-refractivity contribution in [3.8, 4) is 5.75 Å². The molecule has 6 heteroatoms. The second-order valence-electron chi connectivity index (χ2n) is 9.43. The van der Waals surface area contributed by atoms with Crippen molar-refractivity contribution in [3.05, 3.63) is 93.7 Å². The first-order valence-electron chi connectivity index (χ1n) is 12.6. The van der Waals surface area contributed by atoms with Crippen LogP contribution >= 0.6 is 15.9 Å². The molecule has 3 aromatic carbocycles. The second-order valence-corrected chi connectivity index (χ2v) is 10.3. The topological polar surface area (TPSA) is 56.1 Å². The van der Waals surface area contributed by atoms with Crippen LogP contribution in [0.2, 0.25) is 0 Å². The Hall–Kier alpha value is -3.12. The van der Waals surface area contributed by atoms with Crippen LogP contribution in [0.15, 0.2) is 71.2 Å². The van der Waals surface area contributed by atoms with Crippen LogP contribution in [0, 0.1) is 6.92 Å². The van der Waals surface area contributed by atoms with E-state index < -0.39 is 0 Å². The smallest absolute Gasteiger partial charge is 0.251 e. The van der Waals surface area contributed by atoms with Gasteiger partial charge in [0.25, 0.3) is 5.91 Å². The molecule has 1 heterocycles. The summed E-state index contributed by atoms with van der Waals surface area (Å²) >= 11 is 3.40. The molecule has 1 amide bonds. The first kappa shape index (κ1) is 26.0. The third kappa shape index (κ3) is 6.55. The van der Waals surface area contributed by atoms with Crippen LogP contribution in [0.4, 0.5) is 0 Å². The molecule has 0 unspecified atom stereocenters. The number of aryl methyl sites for hydroxylation is 3. The van der Waals surface area contributed by atoms with E-state index >= 15 is 0 Å². The molecule has 0 saturated heterocycles. The van der Waals surface area contributed by atoms with Gasteiger partial charge in [0.1, 0.15) is 11.6 Å². The summed E-state index contributed by atoms with van der Waals surface area (Å²) in [7, 11) is 0. The van der Waals surface area contributed by atoms with Crippen molar-refractivity contribution in [1.82, 2.24) is 14.9 Å². The fraction of sp³-hybridized carbons (Fsp3) is 0.333. The van der Waals surface area contributed by atoms with Gasteiger partial charge in [0, 0.05) is 29.5 Å². The number of hydrogen-bond donors (Lipinski definition) is 1. The first-order valence-corrected chi connectivity index (χ1v) is 13.4. The number of halogens is 1. The number of nitrogens with zero attached hydrogens (tertiary/aromatic N) is 2. The van der Waals surface area contributed by atoms with Crippen molar-refractivity contribution in [2.24, 2.45) is 0 Å². The minimum absolute atomic E-state index is 0.0509. The van der Waals surface area contributed by atoms with Gasteiger partial charge in [-0.15, -0.1) is 0 Å². The van der Waals surface area contributed by atoms with Crippen LogP contribution in [0.25, 0.3) is 11.0 Å². The van der Waals surface area contributed by atoms with Crippen molar-refractivity contribution < 1.29 is 9.53 Å². The van der Waals surface area contributed by atoms with Gasteiger partial charge in [-0.3, -0.25) is 4.79 Å². The summed E-state index contributed by atoms with van der Waals surface area (Å²) in [6.07, 6.45) is 2.51. The normalized spacial score (nSPS) is 11.2. The van der Waals surface area contributed by atoms with Gasteiger partial charge in [-0.25, -0.2) is 4.98 Å². The third-order valence-corrected chi connectivity index (χ3v) is 6.81. The van der Waals surface area contributed by atoms with Gasteiger partial charge < -0.3 is 14.6 Å². The van der Waals surface area contributed by atoms with E-state index in [4.69, 9.17) is 9.72 Å². The van der Waals surface area contributed by atoms with E-state index in [1.807, 2.05) is 30.3 Å². The standard InChI is InChI=1S/C30H34BrN3O2/c1-21(2)25-16-11-22(3)20-28(25)36-19-7-18-34-27-9-5-4-8-26(27)33-29(34)10-6-17-32-30(35)23-12-14-24(31)15-13-23/h4-5,8-9,11-16,20-21H,6-7,10,17-19H2,1-3H3,(H,32,35). The molecule has 0 saturated carbocycles. The lowest BCUT2D eigenvalue weighted by Crippen LogP contribution is -2.25. The Morgan fingerprint density at radius 3 is 2.61 bits per heavy atom. The number of carbonyl (C=O) groups is 1. The average molecular weight is 549 g/mol. The Morgan fingerprint density at radius 1 is 1.06 bits per heavy atom. The second kappa shape index (κ2) is 12.2. The molecule has 0 aliphatic heterocycles. The van der Waals surface area contributed by atoms with Crippen LogP contribution in [0.1, 0.15) is 59.9 Å².